The fraction of sp³-hybridized carbons (Fsp3) is 0.273. The molecule has 3 rings (SSSR count). The van der Waals surface area contributed by atoms with Gasteiger partial charge in [-0.15, -0.1) is 0 Å². The third-order valence-corrected chi connectivity index (χ3v) is 4.30. The zero-order valence-corrected chi connectivity index (χ0v) is 12.9. The number of benzene rings is 1. The predicted octanol–water partition coefficient (Wildman–Crippen LogP) is 1.68. The zero-order chi connectivity index (χ0) is 13.6. The monoisotopic (exact) mass is 388 g/mol. The lowest BCUT2D eigenvalue weighted by atomic mass is 10.2. The van der Waals surface area contributed by atoms with Crippen LogP contribution in [-0.4, -0.2) is 31.6 Å². The lowest BCUT2D eigenvalue weighted by Gasteiger charge is -2.26. The van der Waals surface area contributed by atoms with E-state index < -0.39 is 0 Å². The van der Waals surface area contributed by atoms with Gasteiger partial charge in [-0.1, -0.05) is 0 Å². The average Bonchev–Trinajstić information content (AvgIpc) is 2.77. The average molecular weight is 390 g/mol. The highest BCUT2D eigenvalue weighted by Gasteiger charge is 2.27. The first-order valence-corrected chi connectivity index (χ1v) is 7.18. The van der Waals surface area contributed by atoms with E-state index in [-0.39, 0.29) is 12.5 Å². The minimum absolute atomic E-state index is 0.0263. The minimum Gasteiger partial charge on any atom is -0.481 e. The van der Waals surface area contributed by atoms with Gasteiger partial charge in [-0.3, -0.25) is 9.79 Å². The summed E-state index contributed by atoms with van der Waals surface area (Å²) in [7, 11) is 0. The maximum atomic E-state index is 11.4. The minimum atomic E-state index is -0.176. The SMILES string of the molecule is NC1=NCCN1c1c(Br)cc2c(c1Br)NC(=O)CO2. The number of guanidine groups is 1. The first-order chi connectivity index (χ1) is 9.08. The van der Waals surface area contributed by atoms with Gasteiger partial charge in [-0.2, -0.15) is 0 Å². The molecular formula is C11H10Br2N4O2. The van der Waals surface area contributed by atoms with Crippen LogP contribution in [0.5, 0.6) is 5.75 Å². The first-order valence-electron chi connectivity index (χ1n) is 5.60. The molecule has 0 spiro atoms. The molecular weight excluding hydrogens is 380 g/mol. The van der Waals surface area contributed by atoms with E-state index in [4.69, 9.17) is 10.5 Å². The van der Waals surface area contributed by atoms with Crippen LogP contribution in [0.25, 0.3) is 0 Å². The number of carbonyl (C=O) groups excluding carboxylic acids is 1. The van der Waals surface area contributed by atoms with Gasteiger partial charge in [-0.05, 0) is 37.9 Å². The highest BCUT2D eigenvalue weighted by Crippen LogP contribution is 2.46. The van der Waals surface area contributed by atoms with Crippen LogP contribution in [0.15, 0.2) is 20.0 Å². The number of hydrogen-bond donors (Lipinski definition) is 2. The molecule has 19 heavy (non-hydrogen) atoms. The topological polar surface area (TPSA) is 80.0 Å². The van der Waals surface area contributed by atoms with Crippen LogP contribution < -0.4 is 20.7 Å². The van der Waals surface area contributed by atoms with Gasteiger partial charge in [0.15, 0.2) is 12.6 Å². The van der Waals surface area contributed by atoms with Crippen molar-refractivity contribution in [2.45, 2.75) is 0 Å². The fourth-order valence-electron chi connectivity index (χ4n) is 2.07. The normalized spacial score (nSPS) is 17.7. The molecule has 100 valence electrons. The van der Waals surface area contributed by atoms with Gasteiger partial charge in [-0.25, -0.2) is 0 Å². The number of nitrogens with two attached hydrogens (primary N) is 1. The van der Waals surface area contributed by atoms with Gasteiger partial charge in [0.1, 0.15) is 11.4 Å². The Morgan fingerprint density at radius 1 is 1.47 bits per heavy atom. The van der Waals surface area contributed by atoms with Crippen LogP contribution in [0.3, 0.4) is 0 Å². The van der Waals surface area contributed by atoms with Crippen molar-refractivity contribution in [3.05, 3.63) is 15.0 Å². The molecule has 3 N–H and O–H groups in total. The van der Waals surface area contributed by atoms with Crippen molar-refractivity contribution in [1.82, 2.24) is 0 Å². The molecule has 0 bridgehead atoms. The highest BCUT2D eigenvalue weighted by molar-refractivity contribution is 9.11. The summed E-state index contributed by atoms with van der Waals surface area (Å²) >= 11 is 7.01. The smallest absolute Gasteiger partial charge is 0.262 e. The van der Waals surface area contributed by atoms with Gasteiger partial charge >= 0.3 is 0 Å². The second-order valence-electron chi connectivity index (χ2n) is 4.12. The number of nitrogens with one attached hydrogen (secondary N) is 1. The summed E-state index contributed by atoms with van der Waals surface area (Å²) in [4.78, 5) is 17.5. The Kier molecular flexibility index (Phi) is 3.14. The molecule has 2 aliphatic heterocycles. The highest BCUT2D eigenvalue weighted by atomic mass is 79.9. The molecule has 6 nitrogen and oxygen atoms in total. The maximum Gasteiger partial charge on any atom is 0.262 e. The summed E-state index contributed by atoms with van der Waals surface area (Å²) in [6, 6.07) is 1.82. The van der Waals surface area contributed by atoms with Crippen LogP contribution in [0.2, 0.25) is 0 Å². The third-order valence-electron chi connectivity index (χ3n) is 2.92. The molecule has 1 aromatic carbocycles. The fourth-order valence-corrected chi connectivity index (χ4v) is 3.68. The van der Waals surface area contributed by atoms with Crippen molar-refractivity contribution in [2.75, 3.05) is 29.9 Å². The summed E-state index contributed by atoms with van der Waals surface area (Å²) in [5.74, 6) is 0.908. The number of nitrogens with zero attached hydrogens (tertiary/aromatic N) is 2. The summed E-state index contributed by atoms with van der Waals surface area (Å²) in [5.41, 5.74) is 7.32. The molecule has 0 unspecified atom stereocenters. The van der Waals surface area contributed by atoms with E-state index >= 15 is 0 Å². The van der Waals surface area contributed by atoms with Gasteiger partial charge < -0.3 is 20.7 Å². The number of rotatable bonds is 1. The third kappa shape index (κ3) is 2.08. The molecule has 0 saturated carbocycles. The predicted molar refractivity (Wildman–Crippen MR) is 79.8 cm³/mol. The lowest BCUT2D eigenvalue weighted by molar-refractivity contribution is -0.118. The molecule has 2 heterocycles. The molecule has 0 fully saturated rings. The van der Waals surface area contributed by atoms with E-state index in [1.165, 1.54) is 0 Å². The number of fused-ring (bicyclic) bond motifs is 1. The van der Waals surface area contributed by atoms with E-state index in [1.54, 1.807) is 0 Å². The number of ether oxygens (including phenoxy) is 1. The Balaban J connectivity index is 2.13. The van der Waals surface area contributed by atoms with Gasteiger partial charge in [0, 0.05) is 11.0 Å². The first kappa shape index (κ1) is 12.7. The quantitative estimate of drug-likeness (QED) is 0.765. The number of carbonyl (C=O) groups is 1. The summed E-state index contributed by atoms with van der Waals surface area (Å²) in [6.07, 6.45) is 0. The van der Waals surface area contributed by atoms with Crippen molar-refractivity contribution in [2.24, 2.45) is 10.7 Å². The number of halogens is 2. The van der Waals surface area contributed by atoms with Crippen molar-refractivity contribution in [1.29, 1.82) is 0 Å². The number of aliphatic imine (C=N–C) groups is 1. The van der Waals surface area contributed by atoms with E-state index in [0.29, 0.717) is 30.5 Å². The molecule has 8 heteroatoms. The van der Waals surface area contributed by atoms with Gasteiger partial charge in [0.2, 0.25) is 0 Å². The molecule has 1 aromatic rings. The molecule has 0 radical (unpaired) electrons. The molecule has 0 aromatic heterocycles. The summed E-state index contributed by atoms with van der Waals surface area (Å²) in [6.45, 7) is 1.39. The molecule has 2 aliphatic rings. The molecule has 0 atom stereocenters. The van der Waals surface area contributed by atoms with E-state index in [1.807, 2.05) is 11.0 Å². The Morgan fingerprint density at radius 3 is 2.95 bits per heavy atom. The number of hydrogen-bond acceptors (Lipinski definition) is 5. The van der Waals surface area contributed by atoms with E-state index in [2.05, 4.69) is 42.2 Å². The number of anilines is 2. The standard InChI is InChI=1S/C11H10Br2N4O2/c12-5-3-6-9(16-7(18)4-19-6)8(13)10(5)17-2-1-15-11(17)14/h3H,1-2,4H2,(H2,14,15)(H,16,18). The maximum absolute atomic E-state index is 11.4. The van der Waals surface area contributed by atoms with Crippen LogP contribution >= 0.6 is 31.9 Å². The van der Waals surface area contributed by atoms with Gasteiger partial charge in [0.05, 0.1) is 16.7 Å². The summed E-state index contributed by atoms with van der Waals surface area (Å²) in [5, 5.41) is 2.80. The van der Waals surface area contributed by atoms with Crippen LogP contribution in [0.1, 0.15) is 0 Å². The van der Waals surface area contributed by atoms with Crippen molar-refractivity contribution < 1.29 is 9.53 Å². The second kappa shape index (κ2) is 4.68. The van der Waals surface area contributed by atoms with E-state index in [9.17, 15) is 4.79 Å². The largest absolute Gasteiger partial charge is 0.481 e. The van der Waals surface area contributed by atoms with E-state index in [0.717, 1.165) is 14.6 Å². The Bertz CT molecular complexity index is 603. The van der Waals surface area contributed by atoms with Crippen molar-refractivity contribution >= 4 is 55.1 Å². The Morgan fingerprint density at radius 2 is 2.26 bits per heavy atom. The van der Waals surface area contributed by atoms with Gasteiger partial charge in [0.25, 0.3) is 5.91 Å². The Hall–Kier alpha value is -1.28. The van der Waals surface area contributed by atoms with Crippen molar-refractivity contribution in [3.63, 3.8) is 0 Å². The van der Waals surface area contributed by atoms with Crippen LogP contribution in [0, 0.1) is 0 Å². The summed E-state index contributed by atoms with van der Waals surface area (Å²) < 4.78 is 6.94. The molecule has 0 saturated heterocycles. The Labute approximate surface area is 126 Å². The van der Waals surface area contributed by atoms with Crippen LogP contribution in [-0.2, 0) is 4.79 Å². The number of amides is 1. The second-order valence-corrected chi connectivity index (χ2v) is 5.77. The van der Waals surface area contributed by atoms with Crippen LogP contribution in [0.4, 0.5) is 11.4 Å². The lowest BCUT2D eigenvalue weighted by Crippen LogP contribution is -2.34. The molecule has 0 aliphatic carbocycles. The molecule has 1 amide bonds. The van der Waals surface area contributed by atoms with Crippen molar-refractivity contribution in [3.8, 4) is 5.75 Å². The zero-order valence-electron chi connectivity index (χ0n) is 9.74.